The van der Waals surface area contributed by atoms with E-state index in [0.29, 0.717) is 6.04 Å². The van der Waals surface area contributed by atoms with Crippen molar-refractivity contribution in [2.75, 3.05) is 25.6 Å². The Morgan fingerprint density at radius 1 is 1.40 bits per heavy atom. The molecule has 4 heteroatoms. The highest BCUT2D eigenvalue weighted by Crippen LogP contribution is 2.21. The predicted octanol–water partition coefficient (Wildman–Crippen LogP) is 4.13. The lowest BCUT2D eigenvalue weighted by Gasteiger charge is -2.25. The topological polar surface area (TPSA) is 15.3 Å². The lowest BCUT2D eigenvalue weighted by molar-refractivity contribution is 0.244. The van der Waals surface area contributed by atoms with Crippen LogP contribution < -0.4 is 5.32 Å². The Kier molecular flexibility index (Phi) is 8.85. The van der Waals surface area contributed by atoms with Crippen molar-refractivity contribution >= 4 is 27.7 Å². The molecule has 1 unspecified atom stereocenters. The van der Waals surface area contributed by atoms with Gasteiger partial charge in [0.15, 0.2) is 0 Å². The first kappa shape index (κ1) is 18.0. The van der Waals surface area contributed by atoms with Crippen molar-refractivity contribution in [3.63, 3.8) is 0 Å². The third kappa shape index (κ3) is 6.17. The van der Waals surface area contributed by atoms with E-state index in [4.69, 9.17) is 0 Å². The van der Waals surface area contributed by atoms with Crippen LogP contribution in [0.15, 0.2) is 22.7 Å². The quantitative estimate of drug-likeness (QED) is 0.714. The van der Waals surface area contributed by atoms with Crippen LogP contribution in [0.3, 0.4) is 0 Å². The summed E-state index contributed by atoms with van der Waals surface area (Å²) in [4.78, 5) is 2.43. The highest BCUT2D eigenvalue weighted by molar-refractivity contribution is 9.10. The molecule has 0 saturated heterocycles. The van der Waals surface area contributed by atoms with Crippen LogP contribution in [0.1, 0.15) is 31.4 Å². The number of rotatable bonds is 9. The number of thioether (sulfide) groups is 1. The summed E-state index contributed by atoms with van der Waals surface area (Å²) < 4.78 is 1.22. The first-order valence-electron chi connectivity index (χ1n) is 7.25. The predicted molar refractivity (Wildman–Crippen MR) is 95.5 cm³/mol. The minimum atomic E-state index is 0.621. The molecule has 0 aliphatic carbocycles. The summed E-state index contributed by atoms with van der Waals surface area (Å²) in [6, 6.07) is 7.33. The van der Waals surface area contributed by atoms with Crippen molar-refractivity contribution in [1.29, 1.82) is 0 Å². The first-order valence-corrected chi connectivity index (χ1v) is 9.44. The van der Waals surface area contributed by atoms with Gasteiger partial charge in [0.25, 0.3) is 0 Å². The van der Waals surface area contributed by atoms with Gasteiger partial charge in [-0.15, -0.1) is 0 Å². The minimum absolute atomic E-state index is 0.621. The number of nitrogens with one attached hydrogen (secondary N) is 1. The van der Waals surface area contributed by atoms with Gasteiger partial charge in [-0.1, -0.05) is 35.0 Å². The maximum absolute atomic E-state index is 3.71. The summed E-state index contributed by atoms with van der Waals surface area (Å²) in [5.41, 5.74) is 2.70. The molecule has 0 radical (unpaired) electrons. The van der Waals surface area contributed by atoms with Crippen molar-refractivity contribution in [2.24, 2.45) is 0 Å². The molecule has 0 aliphatic heterocycles. The lowest BCUT2D eigenvalue weighted by Crippen LogP contribution is -2.29. The first-order chi connectivity index (χ1) is 9.58. The van der Waals surface area contributed by atoms with Crippen molar-refractivity contribution in [2.45, 2.75) is 39.4 Å². The zero-order valence-electron chi connectivity index (χ0n) is 13.1. The Hall–Kier alpha value is -0.0300. The van der Waals surface area contributed by atoms with Gasteiger partial charge in [0.2, 0.25) is 0 Å². The number of hydrogen-bond acceptors (Lipinski definition) is 3. The van der Waals surface area contributed by atoms with E-state index in [1.165, 1.54) is 27.8 Å². The molecule has 1 N–H and O–H groups in total. The van der Waals surface area contributed by atoms with E-state index >= 15 is 0 Å². The monoisotopic (exact) mass is 358 g/mol. The van der Waals surface area contributed by atoms with Crippen LogP contribution in [0.4, 0.5) is 0 Å². The van der Waals surface area contributed by atoms with Crippen LogP contribution in [0.25, 0.3) is 0 Å². The van der Waals surface area contributed by atoms with Gasteiger partial charge < -0.3 is 5.32 Å². The average molecular weight is 359 g/mol. The molecule has 0 heterocycles. The molecule has 1 aromatic rings. The second-order valence-corrected chi connectivity index (χ2v) is 7.09. The summed E-state index contributed by atoms with van der Waals surface area (Å²) in [5, 5.41) is 3.36. The van der Waals surface area contributed by atoms with Gasteiger partial charge in [-0.05, 0) is 56.1 Å². The zero-order valence-corrected chi connectivity index (χ0v) is 15.5. The summed E-state index contributed by atoms with van der Waals surface area (Å²) >= 11 is 5.63. The Morgan fingerprint density at radius 3 is 2.75 bits per heavy atom. The molecule has 1 aromatic carbocycles. The molecule has 0 spiro atoms. The van der Waals surface area contributed by atoms with Gasteiger partial charge in [0, 0.05) is 23.6 Å². The third-order valence-corrected chi connectivity index (χ3v) is 4.99. The molecule has 2 nitrogen and oxygen atoms in total. The molecule has 114 valence electrons. The molecule has 0 bridgehead atoms. The van der Waals surface area contributed by atoms with Gasteiger partial charge in [0.05, 0.1) is 0 Å². The average Bonchev–Trinajstić information content (AvgIpc) is 2.44. The minimum Gasteiger partial charge on any atom is -0.313 e. The van der Waals surface area contributed by atoms with Crippen LogP contribution in [-0.4, -0.2) is 36.5 Å². The SMILES string of the molecule is CCNCc1ccc(CN(C)C(C)CCSC)c(Br)c1. The van der Waals surface area contributed by atoms with Crippen molar-refractivity contribution in [3.05, 3.63) is 33.8 Å². The molecule has 0 aromatic heterocycles. The normalized spacial score (nSPS) is 12.9. The van der Waals surface area contributed by atoms with E-state index in [-0.39, 0.29) is 0 Å². The summed E-state index contributed by atoms with van der Waals surface area (Å²) in [7, 11) is 2.21. The Labute approximate surface area is 136 Å². The van der Waals surface area contributed by atoms with Crippen molar-refractivity contribution in [1.82, 2.24) is 10.2 Å². The standard InChI is InChI=1S/C16H27BrN2S/c1-5-18-11-14-6-7-15(16(17)10-14)12-19(3)13(2)8-9-20-4/h6-7,10,13,18H,5,8-9,11-12H2,1-4H3. The highest BCUT2D eigenvalue weighted by Gasteiger charge is 2.11. The summed E-state index contributed by atoms with van der Waals surface area (Å²) in [5.74, 6) is 1.23. The van der Waals surface area contributed by atoms with E-state index in [1.54, 1.807) is 0 Å². The van der Waals surface area contributed by atoms with Crippen LogP contribution in [0, 0.1) is 0 Å². The molecule has 20 heavy (non-hydrogen) atoms. The van der Waals surface area contributed by atoms with Crippen LogP contribution in [-0.2, 0) is 13.1 Å². The highest BCUT2D eigenvalue weighted by atomic mass is 79.9. The summed E-state index contributed by atoms with van der Waals surface area (Å²) in [6.07, 6.45) is 3.42. The van der Waals surface area contributed by atoms with Gasteiger partial charge >= 0.3 is 0 Å². The Balaban J connectivity index is 2.58. The van der Waals surface area contributed by atoms with Crippen LogP contribution in [0.2, 0.25) is 0 Å². The largest absolute Gasteiger partial charge is 0.313 e. The number of hydrogen-bond donors (Lipinski definition) is 1. The molecule has 0 fully saturated rings. The van der Waals surface area contributed by atoms with Crippen LogP contribution >= 0.6 is 27.7 Å². The molecular weight excluding hydrogens is 332 g/mol. The van der Waals surface area contributed by atoms with E-state index in [0.717, 1.165) is 19.6 Å². The maximum atomic E-state index is 3.71. The number of benzene rings is 1. The van der Waals surface area contributed by atoms with Crippen molar-refractivity contribution < 1.29 is 0 Å². The fourth-order valence-electron chi connectivity index (χ4n) is 2.03. The Morgan fingerprint density at radius 2 is 2.15 bits per heavy atom. The zero-order chi connectivity index (χ0) is 15.0. The van der Waals surface area contributed by atoms with E-state index in [2.05, 4.69) is 71.5 Å². The lowest BCUT2D eigenvalue weighted by atomic mass is 10.1. The molecular formula is C16H27BrN2S. The molecule has 0 saturated carbocycles. The van der Waals surface area contributed by atoms with Gasteiger partial charge in [-0.2, -0.15) is 11.8 Å². The molecule has 0 aliphatic rings. The smallest absolute Gasteiger partial charge is 0.0244 e. The maximum Gasteiger partial charge on any atom is 0.0244 e. The fraction of sp³-hybridized carbons (Fsp3) is 0.625. The molecule has 1 atom stereocenters. The van der Waals surface area contributed by atoms with Crippen LogP contribution in [0.5, 0.6) is 0 Å². The summed E-state index contributed by atoms with van der Waals surface area (Å²) in [6.45, 7) is 7.39. The number of nitrogens with zero attached hydrogens (tertiary/aromatic N) is 1. The molecule has 0 amide bonds. The van der Waals surface area contributed by atoms with E-state index < -0.39 is 0 Å². The van der Waals surface area contributed by atoms with Crippen molar-refractivity contribution in [3.8, 4) is 0 Å². The second-order valence-electron chi connectivity index (χ2n) is 5.25. The van der Waals surface area contributed by atoms with Gasteiger partial charge in [0.1, 0.15) is 0 Å². The molecule has 1 rings (SSSR count). The van der Waals surface area contributed by atoms with E-state index in [9.17, 15) is 0 Å². The van der Waals surface area contributed by atoms with E-state index in [1.807, 2.05) is 11.8 Å². The number of halogens is 1. The fourth-order valence-corrected chi connectivity index (χ4v) is 3.16. The van der Waals surface area contributed by atoms with Gasteiger partial charge in [-0.25, -0.2) is 0 Å². The van der Waals surface area contributed by atoms with Gasteiger partial charge in [-0.3, -0.25) is 4.90 Å². The second kappa shape index (κ2) is 9.82. The Bertz CT molecular complexity index is 398. The third-order valence-electron chi connectivity index (χ3n) is 3.61.